The predicted molar refractivity (Wildman–Crippen MR) is 103 cm³/mol. The van der Waals surface area contributed by atoms with Gasteiger partial charge < -0.3 is 14.7 Å². The second kappa shape index (κ2) is 8.69. The Kier molecular flexibility index (Phi) is 7.52. The Morgan fingerprint density at radius 1 is 1.32 bits per heavy atom. The summed E-state index contributed by atoms with van der Waals surface area (Å²) in [7, 11) is -1.29. The van der Waals surface area contributed by atoms with Crippen molar-refractivity contribution in [1.82, 2.24) is 4.90 Å². The summed E-state index contributed by atoms with van der Waals surface area (Å²) in [5, 5.41) is 9.47. The fourth-order valence-corrected chi connectivity index (χ4v) is 3.56. The molecule has 1 atom stereocenters. The summed E-state index contributed by atoms with van der Waals surface area (Å²) in [5.41, 5.74) is -3.60. The molecule has 0 aliphatic heterocycles. The van der Waals surface area contributed by atoms with E-state index >= 15 is 0 Å². The van der Waals surface area contributed by atoms with E-state index in [0.717, 1.165) is 13.2 Å². The van der Waals surface area contributed by atoms with Crippen LogP contribution < -0.4 is 4.74 Å². The molecule has 0 aliphatic carbocycles. The number of alkyl halides is 3. The standard InChI is InChI=1S/C18H27F3N2O4S/c1-7-23(5)11-22-15-9-16(27-6)14(8-13(15)4)17(24,18(19,20)21)10-28(25,26)12(2)3/h8-9,11-12,24H,7,10H2,1-6H3. The van der Waals surface area contributed by atoms with Gasteiger partial charge in [-0.3, -0.25) is 0 Å². The molecule has 1 aromatic carbocycles. The first-order valence-electron chi connectivity index (χ1n) is 8.63. The maximum atomic E-state index is 13.8. The first-order valence-corrected chi connectivity index (χ1v) is 10.3. The van der Waals surface area contributed by atoms with Crippen molar-refractivity contribution in [3.05, 3.63) is 23.3 Å². The quantitative estimate of drug-likeness (QED) is 0.512. The van der Waals surface area contributed by atoms with Gasteiger partial charge in [0.25, 0.3) is 0 Å². The van der Waals surface area contributed by atoms with E-state index in [1.54, 1.807) is 11.9 Å². The van der Waals surface area contributed by atoms with Crippen molar-refractivity contribution >= 4 is 21.9 Å². The molecule has 0 bridgehead atoms. The SMILES string of the molecule is CCN(C)C=Nc1cc(OC)c(C(O)(CS(=O)(=O)C(C)C)C(F)(F)F)cc1C. The van der Waals surface area contributed by atoms with Crippen molar-refractivity contribution in [2.75, 3.05) is 26.5 Å². The maximum absolute atomic E-state index is 13.8. The Morgan fingerprint density at radius 3 is 2.32 bits per heavy atom. The summed E-state index contributed by atoms with van der Waals surface area (Å²) in [6, 6.07) is 2.32. The van der Waals surface area contributed by atoms with Gasteiger partial charge in [0.2, 0.25) is 5.60 Å². The van der Waals surface area contributed by atoms with Gasteiger partial charge in [-0.15, -0.1) is 0 Å². The van der Waals surface area contributed by atoms with Crippen LogP contribution in [0.4, 0.5) is 18.9 Å². The molecule has 160 valence electrons. The number of aryl methyl sites for hydroxylation is 1. The highest BCUT2D eigenvalue weighted by Gasteiger charge is 2.58. The molecule has 0 amide bonds. The average Bonchev–Trinajstić information content (AvgIpc) is 2.58. The van der Waals surface area contributed by atoms with Crippen molar-refractivity contribution in [3.63, 3.8) is 0 Å². The first-order chi connectivity index (χ1) is 12.7. The van der Waals surface area contributed by atoms with Crippen LogP contribution in [0.25, 0.3) is 0 Å². The Bertz CT molecular complexity index is 823. The number of aliphatic imine (C=N–C) groups is 1. The number of methoxy groups -OCH3 is 1. The van der Waals surface area contributed by atoms with Crippen molar-refractivity contribution in [2.45, 2.75) is 44.7 Å². The molecule has 0 saturated heterocycles. The van der Waals surface area contributed by atoms with Gasteiger partial charge in [0.15, 0.2) is 9.84 Å². The van der Waals surface area contributed by atoms with Crippen LogP contribution >= 0.6 is 0 Å². The molecule has 10 heteroatoms. The fourth-order valence-electron chi connectivity index (χ4n) is 2.32. The van der Waals surface area contributed by atoms with E-state index in [-0.39, 0.29) is 5.75 Å². The van der Waals surface area contributed by atoms with Gasteiger partial charge in [-0.1, -0.05) is 0 Å². The highest BCUT2D eigenvalue weighted by Crippen LogP contribution is 2.45. The lowest BCUT2D eigenvalue weighted by molar-refractivity contribution is -0.257. The average molecular weight is 424 g/mol. The summed E-state index contributed by atoms with van der Waals surface area (Å²) in [5.74, 6) is -1.80. The van der Waals surface area contributed by atoms with Crippen LogP contribution in [-0.2, 0) is 15.4 Å². The second-order valence-electron chi connectivity index (χ2n) is 6.87. The predicted octanol–water partition coefficient (Wildman–Crippen LogP) is 3.19. The molecule has 1 unspecified atom stereocenters. The minimum absolute atomic E-state index is 0.296. The summed E-state index contributed by atoms with van der Waals surface area (Å²) in [4.78, 5) is 5.98. The van der Waals surface area contributed by atoms with Gasteiger partial charge in [-0.2, -0.15) is 13.2 Å². The molecule has 0 spiro atoms. The number of halogens is 3. The number of aliphatic hydroxyl groups is 1. The highest BCUT2D eigenvalue weighted by molar-refractivity contribution is 7.92. The van der Waals surface area contributed by atoms with E-state index in [1.807, 2.05) is 6.92 Å². The largest absolute Gasteiger partial charge is 0.496 e. The number of rotatable bonds is 8. The Hall–Kier alpha value is -1.81. The monoisotopic (exact) mass is 424 g/mol. The normalized spacial score (nSPS) is 15.1. The molecule has 0 saturated carbocycles. The van der Waals surface area contributed by atoms with Crippen LogP contribution in [0.5, 0.6) is 5.75 Å². The third-order valence-corrected chi connectivity index (χ3v) is 6.71. The zero-order chi connectivity index (χ0) is 21.9. The van der Waals surface area contributed by atoms with Crippen LogP contribution in [0.1, 0.15) is 31.9 Å². The van der Waals surface area contributed by atoms with Gasteiger partial charge in [0.05, 0.1) is 30.1 Å². The maximum Gasteiger partial charge on any atom is 0.422 e. The van der Waals surface area contributed by atoms with E-state index in [0.29, 0.717) is 17.8 Å². The lowest BCUT2D eigenvalue weighted by Gasteiger charge is -2.32. The van der Waals surface area contributed by atoms with E-state index in [2.05, 4.69) is 4.99 Å². The lowest BCUT2D eigenvalue weighted by Crippen LogP contribution is -2.49. The third-order valence-electron chi connectivity index (χ3n) is 4.45. The van der Waals surface area contributed by atoms with Crippen molar-refractivity contribution in [3.8, 4) is 5.75 Å². The minimum Gasteiger partial charge on any atom is -0.496 e. The van der Waals surface area contributed by atoms with Gasteiger partial charge in [0, 0.05) is 25.2 Å². The van der Waals surface area contributed by atoms with Crippen LogP contribution in [-0.4, -0.2) is 62.6 Å². The van der Waals surface area contributed by atoms with Crippen molar-refractivity contribution in [2.24, 2.45) is 4.99 Å². The van der Waals surface area contributed by atoms with Crippen molar-refractivity contribution in [1.29, 1.82) is 0 Å². The zero-order valence-corrected chi connectivity index (χ0v) is 17.6. The number of benzene rings is 1. The number of nitrogens with zero attached hydrogens (tertiary/aromatic N) is 2. The fraction of sp³-hybridized carbons (Fsp3) is 0.611. The molecule has 28 heavy (non-hydrogen) atoms. The van der Waals surface area contributed by atoms with E-state index in [4.69, 9.17) is 4.74 Å². The second-order valence-corrected chi connectivity index (χ2v) is 9.43. The molecule has 0 radical (unpaired) electrons. The van der Waals surface area contributed by atoms with Crippen LogP contribution in [0.3, 0.4) is 0 Å². The summed E-state index contributed by atoms with van der Waals surface area (Å²) in [6.07, 6.45) is -3.72. The van der Waals surface area contributed by atoms with Crippen molar-refractivity contribution < 1.29 is 31.4 Å². The van der Waals surface area contributed by atoms with E-state index in [9.17, 15) is 26.7 Å². The van der Waals surface area contributed by atoms with Gasteiger partial charge in [-0.25, -0.2) is 13.4 Å². The van der Waals surface area contributed by atoms with Gasteiger partial charge in [0.1, 0.15) is 5.75 Å². The smallest absolute Gasteiger partial charge is 0.422 e. The Labute approximate surface area is 163 Å². The molecule has 1 N–H and O–H groups in total. The number of hydrogen-bond acceptors (Lipinski definition) is 5. The number of sulfone groups is 1. The summed E-state index contributed by atoms with van der Waals surface area (Å²) < 4.78 is 70.9. The topological polar surface area (TPSA) is 79.2 Å². The highest BCUT2D eigenvalue weighted by atomic mass is 32.2. The molecule has 0 fully saturated rings. The minimum atomic E-state index is -5.23. The molecule has 6 nitrogen and oxygen atoms in total. The zero-order valence-electron chi connectivity index (χ0n) is 16.8. The number of hydrogen-bond donors (Lipinski definition) is 1. The molecule has 1 rings (SSSR count). The molecule has 0 aromatic heterocycles. The van der Waals surface area contributed by atoms with Gasteiger partial charge in [-0.05, 0) is 39.3 Å². The Balaban J connectivity index is 3.63. The molecule has 0 heterocycles. The van der Waals surface area contributed by atoms with Gasteiger partial charge >= 0.3 is 6.18 Å². The molecule has 1 aromatic rings. The van der Waals surface area contributed by atoms with Crippen LogP contribution in [0.15, 0.2) is 17.1 Å². The molecule has 0 aliphatic rings. The molecular formula is C18H27F3N2O4S. The first kappa shape index (κ1) is 24.2. The summed E-state index contributed by atoms with van der Waals surface area (Å²) in [6.45, 7) is 6.63. The molecular weight excluding hydrogens is 397 g/mol. The number of ether oxygens (including phenoxy) is 1. The third kappa shape index (κ3) is 5.16. The van der Waals surface area contributed by atoms with Crippen LogP contribution in [0.2, 0.25) is 0 Å². The Morgan fingerprint density at radius 2 is 1.89 bits per heavy atom. The van der Waals surface area contributed by atoms with E-state index < -0.39 is 38.2 Å². The lowest BCUT2D eigenvalue weighted by atomic mass is 9.92. The van der Waals surface area contributed by atoms with Crippen LogP contribution in [0, 0.1) is 6.92 Å². The summed E-state index contributed by atoms with van der Waals surface area (Å²) >= 11 is 0. The van der Waals surface area contributed by atoms with E-state index in [1.165, 1.54) is 33.2 Å².